The van der Waals surface area contributed by atoms with Gasteiger partial charge in [-0.1, -0.05) is 103 Å². The van der Waals surface area contributed by atoms with Gasteiger partial charge in [-0.25, -0.2) is 9.36 Å². The minimum Gasteiger partial charge on any atom is -0.504 e. The van der Waals surface area contributed by atoms with Gasteiger partial charge >= 0.3 is 0 Å². The zero-order chi connectivity index (χ0) is 31.6. The molecule has 0 bridgehead atoms. The lowest BCUT2D eigenvalue weighted by atomic mass is 9.83. The number of aromatic amines is 2. The number of hydrogen-bond donors (Lipinski definition) is 3. The number of para-hydroxylation sites is 2. The third-order valence-corrected chi connectivity index (χ3v) is 8.12. The molecule has 0 unspecified atom stereocenters. The Morgan fingerprint density at radius 1 is 0.587 bits per heavy atom. The van der Waals surface area contributed by atoms with Gasteiger partial charge in [-0.3, -0.25) is 19.8 Å². The molecule has 0 amide bonds. The number of hydrogen-bond acceptors (Lipinski definition) is 4. The molecule has 0 aliphatic heterocycles. The minimum absolute atomic E-state index is 0.0527. The quantitative estimate of drug-likeness (QED) is 0.176. The van der Waals surface area contributed by atoms with Crippen LogP contribution in [-0.4, -0.2) is 31.8 Å². The van der Waals surface area contributed by atoms with Crippen LogP contribution in [-0.2, 0) is 0 Å². The lowest BCUT2D eigenvalue weighted by Gasteiger charge is -2.19. The Labute approximate surface area is 264 Å². The molecule has 0 radical (unpaired) electrons. The fourth-order valence-corrected chi connectivity index (χ4v) is 5.95. The molecule has 8 nitrogen and oxygen atoms in total. The summed E-state index contributed by atoms with van der Waals surface area (Å²) < 4.78 is 8.53. The Morgan fingerprint density at radius 3 is 1.41 bits per heavy atom. The average molecular weight is 607 g/mol. The molecule has 2 heterocycles. The van der Waals surface area contributed by atoms with E-state index in [1.165, 1.54) is 22.5 Å². The Kier molecular flexibility index (Phi) is 7.44. The molecule has 2 aromatic heterocycles. The second-order valence-electron chi connectivity index (χ2n) is 10.8. The van der Waals surface area contributed by atoms with Crippen LogP contribution < -0.4 is 15.9 Å². The molecular formula is C38H30N4O4. The molecule has 46 heavy (non-hydrogen) atoms. The van der Waals surface area contributed by atoms with E-state index in [2.05, 4.69) is 10.2 Å². The largest absolute Gasteiger partial charge is 0.504 e. The standard InChI is InChI=1S/C38H30N4O4/c1-46-31-24-27(22-23-30(31)43)32(33-35(25-14-6-2-7-15-25)39-41(37(33)44)28-18-10-4-11-19-28)34-36(26-16-8-3-9-17-26)40-42(38(34)45)29-20-12-5-13-21-29/h2-24,32,39-40,43H,1H3. The first-order valence-electron chi connectivity index (χ1n) is 14.8. The molecule has 0 spiro atoms. The Balaban J connectivity index is 1.61. The SMILES string of the molecule is COc1cc(C(c2c(-c3ccccc3)[nH]n(-c3ccccc3)c2=O)c2c(-c3ccccc3)[nH]n(-c3ccccc3)c2=O)ccc1O. The van der Waals surface area contributed by atoms with Crippen LogP contribution >= 0.6 is 0 Å². The number of methoxy groups -OCH3 is 1. The van der Waals surface area contributed by atoms with Gasteiger partial charge in [0.25, 0.3) is 11.1 Å². The van der Waals surface area contributed by atoms with E-state index in [-0.39, 0.29) is 22.6 Å². The summed E-state index contributed by atoms with van der Waals surface area (Å²) in [5, 5.41) is 17.3. The van der Waals surface area contributed by atoms with Crippen molar-refractivity contribution in [3.8, 4) is 45.4 Å². The first-order chi connectivity index (χ1) is 22.5. The Morgan fingerprint density at radius 2 is 1.00 bits per heavy atom. The summed E-state index contributed by atoms with van der Waals surface area (Å²) in [6.07, 6.45) is 0. The lowest BCUT2D eigenvalue weighted by Crippen LogP contribution is -2.25. The van der Waals surface area contributed by atoms with Gasteiger partial charge in [-0.05, 0) is 53.1 Å². The first kappa shape index (κ1) is 28.5. The number of nitrogens with one attached hydrogen (secondary N) is 2. The highest BCUT2D eigenvalue weighted by Crippen LogP contribution is 2.41. The number of H-pyrrole nitrogens is 2. The van der Waals surface area contributed by atoms with Crippen molar-refractivity contribution in [3.05, 3.63) is 177 Å². The smallest absolute Gasteiger partial charge is 0.276 e. The lowest BCUT2D eigenvalue weighted by molar-refractivity contribution is 0.373. The van der Waals surface area contributed by atoms with Crippen molar-refractivity contribution in [2.75, 3.05) is 7.11 Å². The summed E-state index contributed by atoms with van der Waals surface area (Å²) in [5.41, 5.74) is 4.70. The van der Waals surface area contributed by atoms with E-state index in [0.717, 1.165) is 11.1 Å². The van der Waals surface area contributed by atoms with Gasteiger partial charge in [0.1, 0.15) is 0 Å². The van der Waals surface area contributed by atoms with Crippen molar-refractivity contribution in [3.63, 3.8) is 0 Å². The summed E-state index contributed by atoms with van der Waals surface area (Å²) >= 11 is 0. The van der Waals surface area contributed by atoms with E-state index < -0.39 is 5.92 Å². The molecule has 0 saturated carbocycles. The summed E-state index contributed by atoms with van der Waals surface area (Å²) in [6, 6.07) is 42.7. The minimum atomic E-state index is -0.887. The summed E-state index contributed by atoms with van der Waals surface area (Å²) in [5.74, 6) is -0.715. The van der Waals surface area contributed by atoms with E-state index in [4.69, 9.17) is 4.74 Å². The first-order valence-corrected chi connectivity index (χ1v) is 14.8. The van der Waals surface area contributed by atoms with Crippen LogP contribution in [0.4, 0.5) is 0 Å². The van der Waals surface area contributed by atoms with E-state index in [1.807, 2.05) is 121 Å². The fraction of sp³-hybridized carbons (Fsp3) is 0.0526. The molecular weight excluding hydrogens is 576 g/mol. The van der Waals surface area contributed by atoms with Crippen molar-refractivity contribution in [1.29, 1.82) is 0 Å². The number of aromatic hydroxyl groups is 1. The van der Waals surface area contributed by atoms with Gasteiger partial charge in [-0.2, -0.15) is 0 Å². The van der Waals surface area contributed by atoms with Gasteiger partial charge < -0.3 is 9.84 Å². The highest BCUT2D eigenvalue weighted by atomic mass is 16.5. The maximum Gasteiger partial charge on any atom is 0.276 e. The summed E-state index contributed by atoms with van der Waals surface area (Å²) in [7, 11) is 1.47. The highest BCUT2D eigenvalue weighted by molar-refractivity contribution is 5.72. The van der Waals surface area contributed by atoms with Gasteiger partial charge in [-0.15, -0.1) is 0 Å². The van der Waals surface area contributed by atoms with E-state index in [1.54, 1.807) is 12.1 Å². The van der Waals surface area contributed by atoms with Crippen molar-refractivity contribution < 1.29 is 9.84 Å². The molecule has 226 valence electrons. The van der Waals surface area contributed by atoms with Crippen molar-refractivity contribution in [2.24, 2.45) is 0 Å². The van der Waals surface area contributed by atoms with Crippen molar-refractivity contribution >= 4 is 0 Å². The Hall–Kier alpha value is -6.28. The van der Waals surface area contributed by atoms with Crippen LogP contribution in [0.2, 0.25) is 0 Å². The molecule has 7 aromatic rings. The zero-order valence-corrected chi connectivity index (χ0v) is 24.9. The number of ether oxygens (including phenoxy) is 1. The molecule has 8 heteroatoms. The van der Waals surface area contributed by atoms with Crippen LogP contribution in [0.15, 0.2) is 149 Å². The topological polar surface area (TPSA) is 105 Å². The van der Waals surface area contributed by atoms with Crippen molar-refractivity contribution in [2.45, 2.75) is 5.92 Å². The summed E-state index contributed by atoms with van der Waals surface area (Å²) in [6.45, 7) is 0. The molecule has 0 fully saturated rings. The third kappa shape index (κ3) is 5.01. The maximum atomic E-state index is 14.7. The highest BCUT2D eigenvalue weighted by Gasteiger charge is 2.34. The van der Waals surface area contributed by atoms with Gasteiger partial charge in [0.15, 0.2) is 11.5 Å². The number of phenols is 1. The molecule has 3 N–H and O–H groups in total. The molecule has 7 rings (SSSR count). The van der Waals surface area contributed by atoms with Crippen LogP contribution in [0.1, 0.15) is 22.6 Å². The van der Waals surface area contributed by atoms with Crippen LogP contribution in [0.3, 0.4) is 0 Å². The molecule has 0 aliphatic rings. The van der Waals surface area contributed by atoms with E-state index >= 15 is 0 Å². The number of phenolic OH excluding ortho intramolecular Hbond substituents is 1. The molecule has 5 aromatic carbocycles. The van der Waals surface area contributed by atoms with E-state index in [9.17, 15) is 14.7 Å². The number of nitrogens with zero attached hydrogens (tertiary/aromatic N) is 2. The van der Waals surface area contributed by atoms with Crippen LogP contribution in [0, 0.1) is 0 Å². The van der Waals surface area contributed by atoms with Crippen molar-refractivity contribution in [1.82, 2.24) is 19.6 Å². The predicted octanol–water partition coefficient (Wildman–Crippen LogP) is 6.87. The third-order valence-electron chi connectivity index (χ3n) is 8.12. The molecule has 0 saturated heterocycles. The van der Waals surface area contributed by atoms with Gasteiger partial charge in [0.2, 0.25) is 0 Å². The van der Waals surface area contributed by atoms with E-state index in [0.29, 0.717) is 39.5 Å². The Bertz CT molecular complexity index is 2100. The fourth-order valence-electron chi connectivity index (χ4n) is 5.95. The van der Waals surface area contributed by atoms with Crippen LogP contribution in [0.5, 0.6) is 11.5 Å². The predicted molar refractivity (Wildman–Crippen MR) is 179 cm³/mol. The van der Waals surface area contributed by atoms with Gasteiger partial charge in [0, 0.05) is 5.92 Å². The molecule has 0 atom stereocenters. The zero-order valence-electron chi connectivity index (χ0n) is 24.9. The average Bonchev–Trinajstić information content (AvgIpc) is 3.64. The van der Waals surface area contributed by atoms with Crippen LogP contribution in [0.25, 0.3) is 33.9 Å². The number of benzene rings is 5. The normalized spacial score (nSPS) is 11.2. The second-order valence-corrected chi connectivity index (χ2v) is 10.8. The maximum absolute atomic E-state index is 14.7. The molecule has 0 aliphatic carbocycles. The number of aromatic nitrogens is 4. The van der Waals surface area contributed by atoms with Gasteiger partial charge in [0.05, 0.1) is 41.0 Å². The summed E-state index contributed by atoms with van der Waals surface area (Å²) in [4.78, 5) is 29.5. The second kappa shape index (κ2) is 12.0. The number of rotatable bonds is 8. The monoisotopic (exact) mass is 606 g/mol.